The third-order valence-corrected chi connectivity index (χ3v) is 4.16. The second-order valence-electron chi connectivity index (χ2n) is 5.21. The number of anilines is 1. The molecule has 0 bridgehead atoms. The van der Waals surface area contributed by atoms with Crippen LogP contribution in [0, 0.1) is 6.92 Å². The largest absolute Gasteiger partial charge is 0.416 e. The highest BCUT2D eigenvalue weighted by atomic mass is 32.1. The SMILES string of the molecule is Cc1cc(C(N)=O)c(NC(=O)c2cc(C(F)(F)F)cc(C(F)(F)F)c2)s1. The molecule has 26 heavy (non-hydrogen) atoms. The zero-order valence-electron chi connectivity index (χ0n) is 12.9. The molecule has 1 heterocycles. The minimum atomic E-state index is -5.08. The molecule has 0 spiro atoms. The smallest absolute Gasteiger partial charge is 0.366 e. The molecule has 11 heteroatoms. The minimum Gasteiger partial charge on any atom is -0.366 e. The molecule has 2 amide bonds. The van der Waals surface area contributed by atoms with Crippen molar-refractivity contribution in [3.8, 4) is 0 Å². The van der Waals surface area contributed by atoms with Crippen molar-refractivity contribution in [2.24, 2.45) is 5.73 Å². The molecule has 0 aliphatic carbocycles. The van der Waals surface area contributed by atoms with Crippen molar-refractivity contribution in [3.05, 3.63) is 51.4 Å². The Bertz CT molecular complexity index is 838. The first kappa shape index (κ1) is 19.8. The van der Waals surface area contributed by atoms with E-state index < -0.39 is 40.9 Å². The highest BCUT2D eigenvalue weighted by Gasteiger charge is 2.37. The summed E-state index contributed by atoms with van der Waals surface area (Å²) in [5, 5.41) is 2.07. The molecular formula is C15H10F6N2O2S. The lowest BCUT2D eigenvalue weighted by molar-refractivity contribution is -0.143. The fourth-order valence-electron chi connectivity index (χ4n) is 2.05. The van der Waals surface area contributed by atoms with Gasteiger partial charge in [0, 0.05) is 10.4 Å². The molecule has 0 fully saturated rings. The number of amides is 2. The van der Waals surface area contributed by atoms with E-state index >= 15 is 0 Å². The Hall–Kier alpha value is -2.56. The predicted molar refractivity (Wildman–Crippen MR) is 82.0 cm³/mol. The molecule has 0 aliphatic rings. The number of carbonyl (C=O) groups is 2. The molecule has 0 atom stereocenters. The lowest BCUT2D eigenvalue weighted by atomic mass is 10.0. The Labute approximate surface area is 146 Å². The van der Waals surface area contributed by atoms with Gasteiger partial charge in [0.15, 0.2) is 0 Å². The number of aryl methyl sites for hydroxylation is 1. The van der Waals surface area contributed by atoms with Gasteiger partial charge in [-0.15, -0.1) is 11.3 Å². The van der Waals surface area contributed by atoms with Gasteiger partial charge in [-0.05, 0) is 31.2 Å². The summed E-state index contributed by atoms with van der Waals surface area (Å²) < 4.78 is 77.0. The van der Waals surface area contributed by atoms with E-state index in [2.05, 4.69) is 5.32 Å². The first-order chi connectivity index (χ1) is 11.8. The number of hydrogen-bond acceptors (Lipinski definition) is 3. The average molecular weight is 396 g/mol. The molecule has 0 radical (unpaired) electrons. The zero-order chi connectivity index (χ0) is 19.9. The van der Waals surface area contributed by atoms with Crippen LogP contribution in [0.5, 0.6) is 0 Å². The Morgan fingerprint density at radius 1 is 0.962 bits per heavy atom. The number of hydrogen-bond donors (Lipinski definition) is 2. The summed E-state index contributed by atoms with van der Waals surface area (Å²) in [6.45, 7) is 1.58. The van der Waals surface area contributed by atoms with E-state index in [0.717, 1.165) is 11.3 Å². The predicted octanol–water partition coefficient (Wildman–Crippen LogP) is 4.45. The second kappa shape index (κ2) is 6.63. The van der Waals surface area contributed by atoms with E-state index in [4.69, 9.17) is 5.73 Å². The Kier molecular flexibility index (Phi) is 5.04. The van der Waals surface area contributed by atoms with Crippen LogP contribution in [0.2, 0.25) is 0 Å². The third-order valence-electron chi connectivity index (χ3n) is 3.20. The van der Waals surface area contributed by atoms with Gasteiger partial charge < -0.3 is 11.1 Å². The van der Waals surface area contributed by atoms with Crippen molar-refractivity contribution in [1.82, 2.24) is 0 Å². The Morgan fingerprint density at radius 3 is 1.88 bits per heavy atom. The maximum atomic E-state index is 12.8. The van der Waals surface area contributed by atoms with Crippen LogP contribution in [0.1, 0.15) is 36.7 Å². The first-order valence-electron chi connectivity index (χ1n) is 6.80. The summed E-state index contributed by atoms with van der Waals surface area (Å²) in [5.74, 6) is -2.13. The summed E-state index contributed by atoms with van der Waals surface area (Å²) in [7, 11) is 0. The van der Waals surface area contributed by atoms with E-state index in [-0.39, 0.29) is 16.6 Å². The van der Waals surface area contributed by atoms with Crippen LogP contribution in [-0.2, 0) is 12.4 Å². The number of rotatable bonds is 3. The zero-order valence-corrected chi connectivity index (χ0v) is 13.7. The third kappa shape index (κ3) is 4.34. The van der Waals surface area contributed by atoms with Crippen molar-refractivity contribution >= 4 is 28.2 Å². The summed E-state index contributed by atoms with van der Waals surface area (Å²) in [6.07, 6.45) is -10.2. The van der Waals surface area contributed by atoms with Crippen molar-refractivity contribution in [2.75, 3.05) is 5.32 Å². The van der Waals surface area contributed by atoms with Crippen molar-refractivity contribution < 1.29 is 35.9 Å². The Morgan fingerprint density at radius 2 is 1.46 bits per heavy atom. The molecule has 0 aliphatic heterocycles. The van der Waals surface area contributed by atoms with Crippen molar-refractivity contribution in [1.29, 1.82) is 0 Å². The summed E-state index contributed by atoms with van der Waals surface area (Å²) >= 11 is 0.908. The number of primary amides is 1. The molecule has 1 aromatic heterocycles. The van der Waals surface area contributed by atoms with Crippen LogP contribution in [-0.4, -0.2) is 11.8 Å². The van der Waals surface area contributed by atoms with E-state index in [1.54, 1.807) is 6.92 Å². The summed E-state index contributed by atoms with van der Waals surface area (Å²) in [6, 6.07) is 1.86. The molecule has 1 aromatic carbocycles. The van der Waals surface area contributed by atoms with Gasteiger partial charge in [0.05, 0.1) is 16.7 Å². The average Bonchev–Trinajstić information content (AvgIpc) is 2.85. The first-order valence-corrected chi connectivity index (χ1v) is 7.61. The van der Waals surface area contributed by atoms with Crippen LogP contribution in [0.25, 0.3) is 0 Å². The number of alkyl halides is 6. The molecule has 3 N–H and O–H groups in total. The van der Waals surface area contributed by atoms with Crippen molar-refractivity contribution in [2.45, 2.75) is 19.3 Å². The highest BCUT2D eigenvalue weighted by Crippen LogP contribution is 2.36. The fourth-order valence-corrected chi connectivity index (χ4v) is 2.96. The normalized spacial score (nSPS) is 12.1. The van der Waals surface area contributed by atoms with Gasteiger partial charge in [0.1, 0.15) is 5.00 Å². The van der Waals surface area contributed by atoms with Gasteiger partial charge in [-0.3, -0.25) is 9.59 Å². The number of nitrogens with two attached hydrogens (primary N) is 1. The molecular weight excluding hydrogens is 386 g/mol. The number of halogens is 6. The van der Waals surface area contributed by atoms with Gasteiger partial charge in [0.2, 0.25) is 0 Å². The molecule has 140 valence electrons. The Balaban J connectivity index is 2.47. The number of carbonyl (C=O) groups excluding carboxylic acids is 2. The molecule has 0 saturated heterocycles. The van der Waals surface area contributed by atoms with Gasteiger partial charge in [-0.1, -0.05) is 0 Å². The lowest BCUT2D eigenvalue weighted by Gasteiger charge is -2.14. The van der Waals surface area contributed by atoms with E-state index in [9.17, 15) is 35.9 Å². The number of benzene rings is 1. The van der Waals surface area contributed by atoms with Gasteiger partial charge >= 0.3 is 12.4 Å². The van der Waals surface area contributed by atoms with Crippen LogP contribution in [0.15, 0.2) is 24.3 Å². The van der Waals surface area contributed by atoms with E-state index in [1.807, 2.05) is 0 Å². The molecule has 4 nitrogen and oxygen atoms in total. The summed E-state index contributed by atoms with van der Waals surface area (Å²) in [5.41, 5.74) is 0.945. The topological polar surface area (TPSA) is 72.2 Å². The summed E-state index contributed by atoms with van der Waals surface area (Å²) in [4.78, 5) is 24.0. The highest BCUT2D eigenvalue weighted by molar-refractivity contribution is 7.16. The van der Waals surface area contributed by atoms with Gasteiger partial charge in [0.25, 0.3) is 11.8 Å². The van der Waals surface area contributed by atoms with Crippen molar-refractivity contribution in [3.63, 3.8) is 0 Å². The van der Waals surface area contributed by atoms with Gasteiger partial charge in [-0.25, -0.2) is 0 Å². The fraction of sp³-hybridized carbons (Fsp3) is 0.200. The van der Waals surface area contributed by atoms with Gasteiger partial charge in [-0.2, -0.15) is 26.3 Å². The molecule has 0 saturated carbocycles. The molecule has 2 aromatic rings. The van der Waals surface area contributed by atoms with Crippen LogP contribution in [0.4, 0.5) is 31.3 Å². The second-order valence-corrected chi connectivity index (χ2v) is 6.47. The standard InChI is InChI=1S/C15H10F6N2O2S/c1-6-2-10(11(22)24)13(26-6)23-12(25)7-3-8(14(16,17)18)5-9(4-7)15(19,20)21/h2-5H,1H3,(H2,22,24)(H,23,25). The van der Waals surface area contributed by atoms with E-state index in [1.165, 1.54) is 6.07 Å². The number of nitrogens with one attached hydrogen (secondary N) is 1. The maximum Gasteiger partial charge on any atom is 0.416 e. The van der Waals surface area contributed by atoms with Crippen LogP contribution >= 0.6 is 11.3 Å². The maximum absolute atomic E-state index is 12.8. The van der Waals surface area contributed by atoms with Crippen LogP contribution in [0.3, 0.4) is 0 Å². The monoisotopic (exact) mass is 396 g/mol. The lowest BCUT2D eigenvalue weighted by Crippen LogP contribution is -2.19. The minimum absolute atomic E-state index is 0.0639. The van der Waals surface area contributed by atoms with E-state index in [0.29, 0.717) is 17.0 Å². The quantitative estimate of drug-likeness (QED) is 0.753. The number of thiophene rings is 1. The molecule has 0 unspecified atom stereocenters. The molecule has 2 rings (SSSR count). The van der Waals surface area contributed by atoms with Crippen LogP contribution < -0.4 is 11.1 Å².